The van der Waals surface area contributed by atoms with Crippen LogP contribution < -0.4 is 9.64 Å². The number of benzene rings is 1. The van der Waals surface area contributed by atoms with Crippen molar-refractivity contribution in [2.24, 2.45) is 0 Å². The quantitative estimate of drug-likeness (QED) is 0.683. The predicted molar refractivity (Wildman–Crippen MR) is 102 cm³/mol. The normalized spacial score (nSPS) is 13.9. The number of alkyl halides is 1. The van der Waals surface area contributed by atoms with Crippen molar-refractivity contribution in [3.05, 3.63) is 78.6 Å². The zero-order chi connectivity index (χ0) is 19.7. The molecule has 2 aromatic heterocycles. The van der Waals surface area contributed by atoms with Gasteiger partial charge in [-0.15, -0.1) is 0 Å². The maximum atomic E-state index is 13.2. The molecule has 0 aliphatic carbocycles. The third kappa shape index (κ3) is 3.07. The summed E-state index contributed by atoms with van der Waals surface area (Å²) in [7, 11) is 0. The van der Waals surface area contributed by atoms with Crippen LogP contribution >= 0.6 is 0 Å². The van der Waals surface area contributed by atoms with Gasteiger partial charge in [-0.2, -0.15) is 4.39 Å². The number of carbonyl (C=O) groups is 1. The Bertz CT molecular complexity index is 1050. The molecule has 0 saturated heterocycles. The van der Waals surface area contributed by atoms with Crippen molar-refractivity contribution >= 4 is 11.7 Å². The molecule has 0 radical (unpaired) electrons. The van der Waals surface area contributed by atoms with Gasteiger partial charge in [0, 0.05) is 22.9 Å². The second-order valence-electron chi connectivity index (χ2n) is 6.15. The van der Waals surface area contributed by atoms with Crippen molar-refractivity contribution in [2.75, 3.05) is 4.90 Å². The molecule has 1 unspecified atom stereocenters. The Balaban J connectivity index is 1.66. The number of para-hydroxylation sites is 1. The molecule has 1 amide bonds. The monoisotopic (exact) mass is 377 g/mol. The molecule has 0 fully saturated rings. The number of carbonyl (C=O) groups excluding carboxylic acids is 1. The van der Waals surface area contributed by atoms with Crippen molar-refractivity contribution in [1.29, 1.82) is 0 Å². The highest BCUT2D eigenvalue weighted by Gasteiger charge is 2.32. The van der Waals surface area contributed by atoms with Crippen LogP contribution in [0.4, 0.5) is 10.2 Å². The van der Waals surface area contributed by atoms with Crippen molar-refractivity contribution in [3.8, 4) is 22.8 Å². The molecule has 3 aromatic rings. The molecule has 0 spiro atoms. The number of fused-ring (bicyclic) bond motifs is 1. The van der Waals surface area contributed by atoms with Crippen molar-refractivity contribution in [1.82, 2.24) is 9.97 Å². The lowest BCUT2D eigenvalue weighted by Crippen LogP contribution is -2.24. The predicted octanol–water partition coefficient (Wildman–Crippen LogP) is 3.87. The van der Waals surface area contributed by atoms with Gasteiger partial charge in [-0.05, 0) is 36.4 Å². The van der Waals surface area contributed by atoms with Gasteiger partial charge in [0.1, 0.15) is 17.3 Å². The van der Waals surface area contributed by atoms with Crippen LogP contribution in [-0.4, -0.2) is 27.3 Å². The van der Waals surface area contributed by atoms with Gasteiger partial charge in [0.05, 0.1) is 18.4 Å². The number of hydrogen-bond donors (Lipinski definition) is 1. The SMILES string of the molecule is C=CC(F)Oc1ccc(N2Cc3c(ccnc3-c3ccccc3O)C2=O)nc1. The van der Waals surface area contributed by atoms with E-state index in [9.17, 15) is 14.3 Å². The zero-order valence-electron chi connectivity index (χ0n) is 14.7. The fourth-order valence-electron chi connectivity index (χ4n) is 3.10. The maximum absolute atomic E-state index is 13.2. The Kier molecular flexibility index (Phi) is 4.49. The molecule has 28 heavy (non-hydrogen) atoms. The van der Waals surface area contributed by atoms with E-state index in [2.05, 4.69) is 16.5 Å². The van der Waals surface area contributed by atoms with E-state index in [4.69, 9.17) is 4.74 Å². The van der Waals surface area contributed by atoms with Crippen LogP contribution in [0.5, 0.6) is 11.5 Å². The Hall–Kier alpha value is -3.74. The highest BCUT2D eigenvalue weighted by Crippen LogP contribution is 2.36. The number of aromatic nitrogens is 2. The van der Waals surface area contributed by atoms with Crippen molar-refractivity contribution < 1.29 is 19.0 Å². The Labute approximate surface area is 160 Å². The lowest BCUT2D eigenvalue weighted by molar-refractivity contribution is 0.0994. The summed E-state index contributed by atoms with van der Waals surface area (Å²) in [6.07, 6.45) is 2.30. The molecule has 140 valence electrons. The molecule has 1 aromatic carbocycles. The summed E-state index contributed by atoms with van der Waals surface area (Å²) in [5, 5.41) is 10.2. The van der Waals surface area contributed by atoms with Gasteiger partial charge in [-0.1, -0.05) is 18.7 Å². The largest absolute Gasteiger partial charge is 0.507 e. The summed E-state index contributed by atoms with van der Waals surface area (Å²) in [4.78, 5) is 22.9. The number of pyridine rings is 2. The number of phenolic OH excluding ortho intramolecular Hbond substituents is 1. The van der Waals surface area contributed by atoms with E-state index in [0.29, 0.717) is 28.2 Å². The molecule has 3 heterocycles. The minimum Gasteiger partial charge on any atom is -0.507 e. The van der Waals surface area contributed by atoms with Crippen LogP contribution in [0, 0.1) is 0 Å². The van der Waals surface area contributed by atoms with E-state index in [1.54, 1.807) is 42.6 Å². The Morgan fingerprint density at radius 1 is 1.18 bits per heavy atom. The minimum atomic E-state index is -1.63. The Morgan fingerprint density at radius 3 is 2.71 bits per heavy atom. The van der Waals surface area contributed by atoms with E-state index >= 15 is 0 Å². The molecular weight excluding hydrogens is 361 g/mol. The van der Waals surface area contributed by atoms with E-state index in [-0.39, 0.29) is 24.0 Å². The number of phenols is 1. The third-order valence-electron chi connectivity index (χ3n) is 4.44. The number of rotatable bonds is 5. The lowest BCUT2D eigenvalue weighted by Gasteiger charge is -2.15. The first-order chi connectivity index (χ1) is 13.6. The molecular formula is C21H16FN3O3. The van der Waals surface area contributed by atoms with E-state index in [0.717, 1.165) is 6.08 Å². The summed E-state index contributed by atoms with van der Waals surface area (Å²) < 4.78 is 18.2. The van der Waals surface area contributed by atoms with Crippen LogP contribution in [0.2, 0.25) is 0 Å². The molecule has 1 atom stereocenters. The summed E-state index contributed by atoms with van der Waals surface area (Å²) >= 11 is 0. The van der Waals surface area contributed by atoms with Gasteiger partial charge >= 0.3 is 0 Å². The van der Waals surface area contributed by atoms with Crippen LogP contribution in [-0.2, 0) is 6.54 Å². The molecule has 6 nitrogen and oxygen atoms in total. The van der Waals surface area contributed by atoms with Crippen LogP contribution in [0.15, 0.2) is 67.5 Å². The maximum Gasteiger partial charge on any atom is 0.260 e. The van der Waals surface area contributed by atoms with Crippen molar-refractivity contribution in [3.63, 3.8) is 0 Å². The lowest BCUT2D eigenvalue weighted by atomic mass is 10.0. The van der Waals surface area contributed by atoms with Gasteiger partial charge < -0.3 is 9.84 Å². The van der Waals surface area contributed by atoms with Gasteiger partial charge in [-0.3, -0.25) is 14.7 Å². The van der Waals surface area contributed by atoms with Crippen LogP contribution in [0.3, 0.4) is 0 Å². The van der Waals surface area contributed by atoms with Crippen LogP contribution in [0.1, 0.15) is 15.9 Å². The highest BCUT2D eigenvalue weighted by molar-refractivity contribution is 6.10. The first kappa shape index (κ1) is 17.7. The van der Waals surface area contributed by atoms with Gasteiger partial charge in [0.2, 0.25) is 0 Å². The molecule has 0 saturated carbocycles. The topological polar surface area (TPSA) is 75.6 Å². The van der Waals surface area contributed by atoms with Gasteiger partial charge in [0.25, 0.3) is 12.3 Å². The molecule has 4 rings (SSSR count). The molecule has 1 N–H and O–H groups in total. The average Bonchev–Trinajstić information content (AvgIpc) is 3.06. The molecule has 1 aliphatic rings. The second-order valence-corrected chi connectivity index (χ2v) is 6.15. The molecule has 7 heteroatoms. The fourth-order valence-corrected chi connectivity index (χ4v) is 3.10. The number of nitrogens with zero attached hydrogens (tertiary/aromatic N) is 3. The minimum absolute atomic E-state index is 0.0944. The summed E-state index contributed by atoms with van der Waals surface area (Å²) in [6.45, 7) is 3.57. The standard InChI is InChI=1S/C21H16FN3O3/c1-2-18(22)28-13-7-8-19(24-11-13)25-12-16-14(21(25)27)9-10-23-20(16)15-5-3-4-6-17(15)26/h2-11,18,26H,1,12H2. The smallest absolute Gasteiger partial charge is 0.260 e. The highest BCUT2D eigenvalue weighted by atomic mass is 19.1. The first-order valence-corrected chi connectivity index (χ1v) is 8.56. The van der Waals surface area contributed by atoms with E-state index in [1.165, 1.54) is 17.2 Å². The number of aromatic hydroxyl groups is 1. The number of ether oxygens (including phenoxy) is 1. The number of amides is 1. The Morgan fingerprint density at radius 2 is 2.00 bits per heavy atom. The third-order valence-corrected chi connectivity index (χ3v) is 4.44. The summed E-state index contributed by atoms with van der Waals surface area (Å²) in [5.74, 6) is 0.518. The zero-order valence-corrected chi connectivity index (χ0v) is 14.7. The summed E-state index contributed by atoms with van der Waals surface area (Å²) in [5.41, 5.74) is 2.33. The second kappa shape index (κ2) is 7.11. The van der Waals surface area contributed by atoms with Gasteiger partial charge in [0.15, 0.2) is 0 Å². The number of anilines is 1. The number of hydrogen-bond acceptors (Lipinski definition) is 5. The molecule has 1 aliphatic heterocycles. The first-order valence-electron chi connectivity index (χ1n) is 8.56. The van der Waals surface area contributed by atoms with E-state index in [1.807, 2.05) is 0 Å². The van der Waals surface area contributed by atoms with Crippen molar-refractivity contribution in [2.45, 2.75) is 12.9 Å². The van der Waals surface area contributed by atoms with Gasteiger partial charge in [-0.25, -0.2) is 4.98 Å². The summed E-state index contributed by atoms with van der Waals surface area (Å²) in [6, 6.07) is 11.6. The van der Waals surface area contributed by atoms with E-state index < -0.39 is 6.36 Å². The molecule has 0 bridgehead atoms. The average molecular weight is 377 g/mol. The van der Waals surface area contributed by atoms with Crippen LogP contribution in [0.25, 0.3) is 11.3 Å². The fraction of sp³-hybridized carbons (Fsp3) is 0.0952. The number of halogens is 1.